The summed E-state index contributed by atoms with van der Waals surface area (Å²) >= 11 is 0. The molecular formula is C35H53N5O10. The van der Waals surface area contributed by atoms with Gasteiger partial charge in [0.1, 0.15) is 12.6 Å². The quantitative estimate of drug-likeness (QED) is 0.0743. The van der Waals surface area contributed by atoms with E-state index in [0.717, 1.165) is 12.0 Å². The molecular weight excluding hydrogens is 650 g/mol. The molecule has 0 fully saturated rings. The Hall–Kier alpha value is -4.63. The first-order chi connectivity index (χ1) is 24.0. The lowest BCUT2D eigenvalue weighted by Gasteiger charge is -2.21. The van der Waals surface area contributed by atoms with Crippen molar-refractivity contribution in [1.82, 2.24) is 20.9 Å². The maximum atomic E-state index is 12.7. The number of unbranched alkanes of at least 4 members (excludes halogenated alkanes) is 2. The highest BCUT2D eigenvalue weighted by atomic mass is 16.5. The van der Waals surface area contributed by atoms with Crippen LogP contribution in [-0.2, 0) is 54.4 Å². The Kier molecular flexibility index (Phi) is 22.0. The summed E-state index contributed by atoms with van der Waals surface area (Å²) in [6.45, 7) is 10.4. The van der Waals surface area contributed by atoms with Crippen molar-refractivity contribution in [1.29, 1.82) is 0 Å². The molecule has 0 saturated heterocycles. The standard InChI is InChI=1S/C33H47N5O10.C2H6/c1-23(2)32(33(45)35-21-29(42)36-26-10-8-25(9-11-26)22-48-24(3)39)37-28(41)14-17-46-19-20-47-18-15-34-27(40)7-5-4-6-16-38-30(43)12-13-31(38)44;1-2/h8-13,23,32H,4-7,14-22H2,1-3H3,(H,34,40)(H,35,45)(H,36,42)(H,37,41);1-2H3. The van der Waals surface area contributed by atoms with Crippen molar-refractivity contribution in [2.45, 2.75) is 79.4 Å². The number of ether oxygens (including phenoxy) is 3. The first kappa shape index (κ1) is 43.4. The third kappa shape index (κ3) is 18.8. The molecule has 1 heterocycles. The van der Waals surface area contributed by atoms with E-state index in [1.807, 2.05) is 13.8 Å². The number of hydrogen-bond donors (Lipinski definition) is 4. The highest BCUT2D eigenvalue weighted by molar-refractivity contribution is 6.12. The fraction of sp³-hybridized carbons (Fsp3) is 0.571. The normalized spacial score (nSPS) is 12.6. The van der Waals surface area contributed by atoms with Gasteiger partial charge in [-0.15, -0.1) is 0 Å². The molecule has 1 aliphatic heterocycles. The van der Waals surface area contributed by atoms with Gasteiger partial charge in [-0.05, 0) is 36.5 Å². The molecule has 4 N–H and O–H groups in total. The minimum atomic E-state index is -0.840. The van der Waals surface area contributed by atoms with E-state index >= 15 is 0 Å². The molecule has 278 valence electrons. The predicted molar refractivity (Wildman–Crippen MR) is 185 cm³/mol. The fourth-order valence-electron chi connectivity index (χ4n) is 4.35. The van der Waals surface area contributed by atoms with Crippen molar-refractivity contribution in [3.8, 4) is 0 Å². The Morgan fingerprint density at radius 1 is 0.760 bits per heavy atom. The minimum absolute atomic E-state index is 0.0298. The largest absolute Gasteiger partial charge is 0.461 e. The Labute approximate surface area is 294 Å². The number of carbonyl (C=O) groups excluding carboxylic acids is 7. The van der Waals surface area contributed by atoms with E-state index in [-0.39, 0.29) is 74.9 Å². The first-order valence-electron chi connectivity index (χ1n) is 17.0. The summed E-state index contributed by atoms with van der Waals surface area (Å²) in [7, 11) is 0. The number of anilines is 1. The molecule has 50 heavy (non-hydrogen) atoms. The summed E-state index contributed by atoms with van der Waals surface area (Å²) in [6, 6.07) is 5.89. The second kappa shape index (κ2) is 25.4. The van der Waals surface area contributed by atoms with Crippen molar-refractivity contribution < 1.29 is 47.8 Å². The molecule has 0 bridgehead atoms. The Balaban J connectivity index is 0.00000613. The van der Waals surface area contributed by atoms with Crippen LogP contribution in [0, 0.1) is 5.92 Å². The molecule has 0 radical (unpaired) electrons. The van der Waals surface area contributed by atoms with E-state index in [1.165, 1.54) is 24.0 Å². The Morgan fingerprint density at radius 3 is 2.02 bits per heavy atom. The van der Waals surface area contributed by atoms with Crippen molar-refractivity contribution in [2.24, 2.45) is 5.92 Å². The third-order valence-corrected chi connectivity index (χ3v) is 6.97. The summed E-state index contributed by atoms with van der Waals surface area (Å²) in [6.07, 6.45) is 4.90. The second-order valence-corrected chi connectivity index (χ2v) is 11.3. The molecule has 1 aromatic rings. The lowest BCUT2D eigenvalue weighted by atomic mass is 10.0. The van der Waals surface area contributed by atoms with Gasteiger partial charge in [0.15, 0.2) is 0 Å². The lowest BCUT2D eigenvalue weighted by molar-refractivity contribution is -0.142. The average Bonchev–Trinajstić information content (AvgIpc) is 3.41. The van der Waals surface area contributed by atoms with Gasteiger partial charge >= 0.3 is 5.97 Å². The van der Waals surface area contributed by atoms with E-state index in [0.29, 0.717) is 44.6 Å². The molecule has 6 amide bonds. The first-order valence-corrected chi connectivity index (χ1v) is 17.0. The number of amides is 6. The van der Waals surface area contributed by atoms with Crippen molar-refractivity contribution in [3.63, 3.8) is 0 Å². The molecule has 0 saturated carbocycles. The number of benzene rings is 1. The molecule has 0 aliphatic carbocycles. The summed E-state index contributed by atoms with van der Waals surface area (Å²) < 4.78 is 15.8. The average molecular weight is 704 g/mol. The topological polar surface area (TPSA) is 199 Å². The van der Waals surface area contributed by atoms with Gasteiger partial charge in [0.2, 0.25) is 23.6 Å². The van der Waals surface area contributed by atoms with E-state index in [4.69, 9.17) is 14.2 Å². The molecule has 1 atom stereocenters. The highest BCUT2D eigenvalue weighted by Gasteiger charge is 2.24. The highest BCUT2D eigenvalue weighted by Crippen LogP contribution is 2.11. The third-order valence-electron chi connectivity index (χ3n) is 6.97. The Bertz CT molecular complexity index is 1260. The van der Waals surface area contributed by atoms with Crippen molar-refractivity contribution in [3.05, 3.63) is 42.0 Å². The minimum Gasteiger partial charge on any atom is -0.461 e. The van der Waals surface area contributed by atoms with Crippen molar-refractivity contribution in [2.75, 3.05) is 51.4 Å². The lowest BCUT2D eigenvalue weighted by Crippen LogP contribution is -2.51. The van der Waals surface area contributed by atoms with Crippen LogP contribution in [0.25, 0.3) is 0 Å². The van der Waals surface area contributed by atoms with Gasteiger partial charge in [-0.1, -0.05) is 46.2 Å². The monoisotopic (exact) mass is 703 g/mol. The maximum absolute atomic E-state index is 12.7. The van der Waals surface area contributed by atoms with Gasteiger partial charge in [0.25, 0.3) is 11.8 Å². The zero-order valence-electron chi connectivity index (χ0n) is 29.8. The summed E-state index contributed by atoms with van der Waals surface area (Å²) in [5.41, 5.74) is 1.27. The van der Waals surface area contributed by atoms with Gasteiger partial charge in [0.05, 0.1) is 33.0 Å². The Morgan fingerprint density at radius 2 is 1.40 bits per heavy atom. The van der Waals surface area contributed by atoms with Gasteiger partial charge in [0, 0.05) is 50.7 Å². The van der Waals surface area contributed by atoms with E-state index in [1.54, 1.807) is 38.1 Å². The van der Waals surface area contributed by atoms with Crippen LogP contribution in [0.15, 0.2) is 36.4 Å². The fourth-order valence-corrected chi connectivity index (χ4v) is 4.35. The molecule has 1 unspecified atom stereocenters. The number of hydrogen-bond acceptors (Lipinski definition) is 10. The SMILES string of the molecule is CC.CC(=O)OCc1ccc(NC(=O)CNC(=O)C(NC(=O)CCOCCOCCNC(=O)CCCCCN2C(=O)C=CC2=O)C(C)C)cc1. The maximum Gasteiger partial charge on any atom is 0.302 e. The van der Waals surface area contributed by atoms with Gasteiger partial charge in [-0.3, -0.25) is 38.5 Å². The van der Waals surface area contributed by atoms with Crippen LogP contribution in [0.4, 0.5) is 5.69 Å². The number of rotatable bonds is 23. The summed E-state index contributed by atoms with van der Waals surface area (Å²) in [4.78, 5) is 84.4. The van der Waals surface area contributed by atoms with Crippen LogP contribution >= 0.6 is 0 Å². The molecule has 1 aromatic carbocycles. The zero-order valence-corrected chi connectivity index (χ0v) is 29.8. The number of nitrogens with zero attached hydrogens (tertiary/aromatic N) is 1. The molecule has 1 aliphatic rings. The van der Waals surface area contributed by atoms with Crippen LogP contribution in [0.2, 0.25) is 0 Å². The molecule has 15 nitrogen and oxygen atoms in total. The second-order valence-electron chi connectivity index (χ2n) is 11.3. The van der Waals surface area contributed by atoms with Crippen LogP contribution in [0.5, 0.6) is 0 Å². The predicted octanol–water partition coefficient (Wildman–Crippen LogP) is 2.00. The molecule has 0 spiro atoms. The van der Waals surface area contributed by atoms with Crippen LogP contribution in [-0.4, -0.2) is 98.4 Å². The molecule has 2 rings (SSSR count). The van der Waals surface area contributed by atoms with Crippen LogP contribution in [0.3, 0.4) is 0 Å². The smallest absolute Gasteiger partial charge is 0.302 e. The van der Waals surface area contributed by atoms with E-state index in [9.17, 15) is 33.6 Å². The zero-order chi connectivity index (χ0) is 37.3. The van der Waals surface area contributed by atoms with Gasteiger partial charge < -0.3 is 35.5 Å². The number of carbonyl (C=O) groups is 7. The van der Waals surface area contributed by atoms with E-state index in [2.05, 4.69) is 21.3 Å². The number of nitrogens with one attached hydrogen (secondary N) is 4. The summed E-state index contributed by atoms with van der Waals surface area (Å²) in [5.74, 6) is -2.62. The van der Waals surface area contributed by atoms with Gasteiger partial charge in [-0.2, -0.15) is 0 Å². The summed E-state index contributed by atoms with van der Waals surface area (Å²) in [5, 5.41) is 10.7. The molecule has 0 aromatic heterocycles. The van der Waals surface area contributed by atoms with Gasteiger partial charge in [-0.25, -0.2) is 0 Å². The molecule has 15 heteroatoms. The number of esters is 1. The van der Waals surface area contributed by atoms with E-state index < -0.39 is 17.9 Å². The number of imide groups is 1. The van der Waals surface area contributed by atoms with Crippen LogP contribution in [0.1, 0.15) is 72.3 Å². The van der Waals surface area contributed by atoms with Crippen molar-refractivity contribution >= 4 is 47.1 Å². The van der Waals surface area contributed by atoms with Crippen LogP contribution < -0.4 is 21.3 Å².